The van der Waals surface area contributed by atoms with E-state index in [1.807, 2.05) is 36.4 Å². The van der Waals surface area contributed by atoms with Gasteiger partial charge in [-0.15, -0.1) is 0 Å². The first-order chi connectivity index (χ1) is 17.4. The molecule has 1 aliphatic rings. The summed E-state index contributed by atoms with van der Waals surface area (Å²) in [5.41, 5.74) is 7.78. The minimum atomic E-state index is -0.503. The molecule has 0 saturated carbocycles. The van der Waals surface area contributed by atoms with Crippen LogP contribution in [-0.2, 0) is 4.74 Å². The van der Waals surface area contributed by atoms with Gasteiger partial charge in [0.05, 0.1) is 12.6 Å². The van der Waals surface area contributed by atoms with Crippen molar-refractivity contribution in [1.82, 2.24) is 14.8 Å². The molecule has 9 heteroatoms. The number of amides is 2. The normalized spacial score (nSPS) is 15.3. The smallest absolute Gasteiger partial charge is 0.342 e. The van der Waals surface area contributed by atoms with Gasteiger partial charge in [-0.2, -0.15) is 0 Å². The minimum Gasteiger partial charge on any atom is -0.507 e. The van der Waals surface area contributed by atoms with Crippen molar-refractivity contribution in [2.45, 2.75) is 19.9 Å². The fraction of sp³-hybridized carbons (Fsp3) is 0.296. The van der Waals surface area contributed by atoms with Crippen LogP contribution in [0.5, 0.6) is 5.75 Å². The lowest BCUT2D eigenvalue weighted by atomic mass is 9.89. The Kier molecular flexibility index (Phi) is 6.24. The number of primary amides is 1. The molecule has 36 heavy (non-hydrogen) atoms. The van der Waals surface area contributed by atoms with Crippen molar-refractivity contribution in [2.75, 3.05) is 32.8 Å². The molecule has 1 aliphatic heterocycles. The lowest BCUT2D eigenvalue weighted by Gasteiger charge is -2.39. The number of hydrogen-bond donors (Lipinski definition) is 2. The van der Waals surface area contributed by atoms with Crippen molar-refractivity contribution in [3.8, 4) is 5.75 Å². The Morgan fingerprint density at radius 1 is 1.11 bits per heavy atom. The molecule has 3 heterocycles. The number of ether oxygens (including phenoxy) is 1. The SMILES string of the molecule is CCOC(=O)c1c(C)oc2c1c(C(c1ccncc1)N1CCN(C(N)=O)CC1)c(O)c1ccccc12. The Hall–Kier alpha value is -4.11. The number of urea groups is 1. The number of benzene rings is 2. The van der Waals surface area contributed by atoms with Crippen molar-refractivity contribution < 1.29 is 23.8 Å². The number of phenolic OH excluding ortho intramolecular Hbond substituents is 1. The highest BCUT2D eigenvalue weighted by atomic mass is 16.5. The molecule has 3 N–H and O–H groups in total. The zero-order valence-electron chi connectivity index (χ0n) is 20.2. The Morgan fingerprint density at radius 2 is 1.78 bits per heavy atom. The van der Waals surface area contributed by atoms with Crippen LogP contribution in [0.1, 0.15) is 40.2 Å². The molecule has 4 aromatic rings. The molecule has 1 atom stereocenters. The third-order valence-electron chi connectivity index (χ3n) is 6.80. The number of pyridine rings is 1. The predicted octanol–water partition coefficient (Wildman–Crippen LogP) is 3.96. The Balaban J connectivity index is 1.81. The van der Waals surface area contributed by atoms with Crippen molar-refractivity contribution in [3.05, 3.63) is 71.2 Å². The maximum atomic E-state index is 13.1. The molecule has 2 amide bonds. The molecule has 0 spiro atoms. The van der Waals surface area contributed by atoms with Crippen molar-refractivity contribution in [2.24, 2.45) is 5.73 Å². The summed E-state index contributed by atoms with van der Waals surface area (Å²) in [6.07, 6.45) is 3.40. The largest absolute Gasteiger partial charge is 0.507 e. The van der Waals surface area contributed by atoms with Gasteiger partial charge < -0.3 is 24.9 Å². The minimum absolute atomic E-state index is 0.0728. The molecular formula is C27H28N4O5. The number of aromatic nitrogens is 1. The third-order valence-corrected chi connectivity index (χ3v) is 6.80. The number of piperazine rings is 1. The van der Waals surface area contributed by atoms with Crippen LogP contribution >= 0.6 is 0 Å². The van der Waals surface area contributed by atoms with Crippen LogP contribution < -0.4 is 5.73 Å². The Bertz CT molecular complexity index is 1440. The molecule has 1 unspecified atom stereocenters. The number of furan rings is 1. The molecule has 186 valence electrons. The monoisotopic (exact) mass is 488 g/mol. The van der Waals surface area contributed by atoms with Crippen LogP contribution in [0.2, 0.25) is 0 Å². The Labute approximate surface area is 208 Å². The van der Waals surface area contributed by atoms with E-state index in [0.717, 1.165) is 5.56 Å². The van der Waals surface area contributed by atoms with Crippen LogP contribution in [0, 0.1) is 6.92 Å². The summed E-state index contributed by atoms with van der Waals surface area (Å²) < 4.78 is 11.6. The van der Waals surface area contributed by atoms with E-state index >= 15 is 0 Å². The van der Waals surface area contributed by atoms with Gasteiger partial charge >= 0.3 is 12.0 Å². The molecule has 9 nitrogen and oxygen atoms in total. The molecule has 5 rings (SSSR count). The van der Waals surface area contributed by atoms with Crippen LogP contribution in [-0.4, -0.2) is 64.7 Å². The second kappa shape index (κ2) is 9.50. The predicted molar refractivity (Wildman–Crippen MR) is 135 cm³/mol. The van der Waals surface area contributed by atoms with Gasteiger partial charge in [-0.1, -0.05) is 24.3 Å². The molecule has 0 radical (unpaired) electrons. The lowest BCUT2D eigenvalue weighted by molar-refractivity contribution is 0.0526. The molecule has 1 fully saturated rings. The van der Waals surface area contributed by atoms with E-state index < -0.39 is 18.0 Å². The van der Waals surface area contributed by atoms with E-state index in [0.29, 0.717) is 64.8 Å². The number of phenols is 1. The van der Waals surface area contributed by atoms with Gasteiger partial charge in [-0.25, -0.2) is 9.59 Å². The quantitative estimate of drug-likeness (QED) is 0.408. The highest BCUT2D eigenvalue weighted by molar-refractivity contribution is 6.16. The zero-order valence-corrected chi connectivity index (χ0v) is 20.2. The molecule has 2 aromatic carbocycles. The fourth-order valence-electron chi connectivity index (χ4n) is 5.16. The highest BCUT2D eigenvalue weighted by Gasteiger charge is 2.35. The van der Waals surface area contributed by atoms with Crippen LogP contribution in [0.15, 0.2) is 53.2 Å². The van der Waals surface area contributed by atoms with E-state index in [9.17, 15) is 14.7 Å². The molecule has 2 aromatic heterocycles. The first-order valence-corrected chi connectivity index (χ1v) is 11.9. The maximum Gasteiger partial charge on any atom is 0.342 e. The molecule has 0 aliphatic carbocycles. The molecular weight excluding hydrogens is 460 g/mol. The van der Waals surface area contributed by atoms with Crippen LogP contribution in [0.25, 0.3) is 21.7 Å². The number of carbonyl (C=O) groups is 2. The topological polar surface area (TPSA) is 122 Å². The summed E-state index contributed by atoms with van der Waals surface area (Å²) in [5, 5.41) is 13.6. The van der Waals surface area contributed by atoms with Gasteiger partial charge in [-0.3, -0.25) is 9.88 Å². The van der Waals surface area contributed by atoms with E-state index in [4.69, 9.17) is 14.9 Å². The van der Waals surface area contributed by atoms with Crippen LogP contribution in [0.3, 0.4) is 0 Å². The summed E-state index contributed by atoms with van der Waals surface area (Å²) in [7, 11) is 0. The lowest BCUT2D eigenvalue weighted by Crippen LogP contribution is -2.51. The summed E-state index contributed by atoms with van der Waals surface area (Å²) >= 11 is 0. The van der Waals surface area contributed by atoms with Gasteiger partial charge in [-0.05, 0) is 31.5 Å². The average Bonchev–Trinajstić information content (AvgIpc) is 3.24. The van der Waals surface area contributed by atoms with Gasteiger partial charge in [0.1, 0.15) is 22.7 Å². The van der Waals surface area contributed by atoms with Gasteiger partial charge in [0.25, 0.3) is 0 Å². The van der Waals surface area contributed by atoms with Gasteiger partial charge in [0.2, 0.25) is 0 Å². The average molecular weight is 489 g/mol. The Morgan fingerprint density at radius 3 is 2.42 bits per heavy atom. The zero-order chi connectivity index (χ0) is 25.4. The van der Waals surface area contributed by atoms with Crippen molar-refractivity contribution in [1.29, 1.82) is 0 Å². The summed E-state index contributed by atoms with van der Waals surface area (Å²) in [6, 6.07) is 10.3. The fourth-order valence-corrected chi connectivity index (χ4v) is 5.16. The molecule has 0 bridgehead atoms. The van der Waals surface area contributed by atoms with E-state index in [1.54, 1.807) is 31.1 Å². The van der Waals surface area contributed by atoms with Gasteiger partial charge in [0.15, 0.2) is 0 Å². The summed E-state index contributed by atoms with van der Waals surface area (Å²) in [6.45, 7) is 5.64. The number of aromatic hydroxyl groups is 1. The third kappa shape index (κ3) is 3.91. The number of hydrogen-bond acceptors (Lipinski definition) is 7. The number of carbonyl (C=O) groups excluding carboxylic acids is 2. The van der Waals surface area contributed by atoms with Crippen molar-refractivity contribution in [3.63, 3.8) is 0 Å². The second-order valence-electron chi connectivity index (χ2n) is 8.81. The summed E-state index contributed by atoms with van der Waals surface area (Å²) in [5.74, 6) is -0.00669. The number of esters is 1. The number of nitrogens with zero attached hydrogens (tertiary/aromatic N) is 3. The number of aryl methyl sites for hydroxylation is 1. The first kappa shape index (κ1) is 23.6. The second-order valence-corrected chi connectivity index (χ2v) is 8.81. The highest BCUT2D eigenvalue weighted by Crippen LogP contribution is 2.47. The number of nitrogens with two attached hydrogens (primary N) is 1. The maximum absolute atomic E-state index is 13.1. The van der Waals surface area contributed by atoms with E-state index in [1.165, 1.54) is 0 Å². The standard InChI is InChI=1S/C27H28N4O5/c1-3-35-26(33)20-16(2)36-25-19-7-5-4-6-18(19)24(32)22(21(20)25)23(17-8-10-29-11-9-17)30-12-14-31(15-13-30)27(28)34/h4-11,23,32H,3,12-15H2,1-2H3,(H2,28,34). The van der Waals surface area contributed by atoms with Gasteiger partial charge in [0, 0.05) is 60.3 Å². The molecule has 1 saturated heterocycles. The van der Waals surface area contributed by atoms with Crippen LogP contribution in [0.4, 0.5) is 4.79 Å². The van der Waals surface area contributed by atoms with E-state index in [2.05, 4.69) is 9.88 Å². The summed E-state index contributed by atoms with van der Waals surface area (Å²) in [4.78, 5) is 32.8. The number of rotatable bonds is 5. The first-order valence-electron chi connectivity index (χ1n) is 11.9. The van der Waals surface area contributed by atoms with E-state index in [-0.39, 0.29) is 12.4 Å². The van der Waals surface area contributed by atoms with Crippen molar-refractivity contribution >= 4 is 33.7 Å². The number of fused-ring (bicyclic) bond motifs is 3.